The first-order valence-electron chi connectivity index (χ1n) is 7.79. The van der Waals surface area contributed by atoms with Crippen molar-refractivity contribution >= 4 is 29.0 Å². The lowest BCUT2D eigenvalue weighted by atomic mass is 10.1. The van der Waals surface area contributed by atoms with E-state index in [0.29, 0.717) is 33.3 Å². The lowest BCUT2D eigenvalue weighted by molar-refractivity contribution is 0.0951. The van der Waals surface area contributed by atoms with Crippen LogP contribution in [0, 0.1) is 10.6 Å². The van der Waals surface area contributed by atoms with Gasteiger partial charge in [-0.05, 0) is 55.0 Å². The minimum atomic E-state index is -0.350. The molecule has 0 aliphatic carbocycles. The average Bonchev–Trinajstić information content (AvgIpc) is 2.59. The van der Waals surface area contributed by atoms with Gasteiger partial charge >= 0.3 is 0 Å². The molecule has 5 nitrogen and oxygen atoms in total. The van der Waals surface area contributed by atoms with Crippen molar-refractivity contribution in [2.45, 2.75) is 20.0 Å². The smallest absolute Gasteiger partial charge is 0.262 e. The number of rotatable bonds is 4. The first-order chi connectivity index (χ1) is 12.0. The zero-order valence-electron chi connectivity index (χ0n) is 13.5. The quantitative estimate of drug-likeness (QED) is 0.705. The Balaban J connectivity index is 1.87. The summed E-state index contributed by atoms with van der Waals surface area (Å²) in [6.45, 7) is 2.52. The highest BCUT2D eigenvalue weighted by atomic mass is 32.1. The highest BCUT2D eigenvalue weighted by Crippen LogP contribution is 2.11. The minimum absolute atomic E-state index is 0.187. The molecular weight excluding hydrogens is 341 g/mol. The Kier molecular flexibility index (Phi) is 4.76. The van der Waals surface area contributed by atoms with Crippen molar-refractivity contribution in [3.63, 3.8) is 0 Å². The van der Waals surface area contributed by atoms with Gasteiger partial charge < -0.3 is 10.3 Å². The first kappa shape index (κ1) is 17.0. The Morgan fingerprint density at radius 3 is 2.80 bits per heavy atom. The van der Waals surface area contributed by atoms with E-state index in [-0.39, 0.29) is 23.8 Å². The van der Waals surface area contributed by atoms with E-state index in [1.54, 1.807) is 30.3 Å². The summed E-state index contributed by atoms with van der Waals surface area (Å²) in [7, 11) is 0. The summed E-state index contributed by atoms with van der Waals surface area (Å²) in [6.07, 6.45) is 0. The molecule has 0 aliphatic heterocycles. The summed E-state index contributed by atoms with van der Waals surface area (Å²) in [5.41, 5.74) is 1.38. The van der Waals surface area contributed by atoms with Crippen LogP contribution in [0.1, 0.15) is 22.8 Å². The molecule has 7 heteroatoms. The number of nitrogens with one attached hydrogen (secondary N) is 2. The number of hydrogen-bond acceptors (Lipinski definition) is 3. The highest BCUT2D eigenvalue weighted by Gasteiger charge is 2.10. The van der Waals surface area contributed by atoms with Gasteiger partial charge in [0.1, 0.15) is 5.82 Å². The number of amides is 1. The fourth-order valence-electron chi connectivity index (χ4n) is 2.61. The zero-order valence-corrected chi connectivity index (χ0v) is 14.3. The molecule has 0 saturated carbocycles. The van der Waals surface area contributed by atoms with Gasteiger partial charge in [0.15, 0.2) is 4.77 Å². The number of nitrogens with zero attached hydrogens (tertiary/aromatic N) is 1. The standard InChI is InChI=1S/C18H16FN3O2S/c1-2-22-17(24)14-7-6-12(9-15(14)21-18(22)25)16(23)20-10-11-4-3-5-13(19)8-11/h3-9H,2,10H2,1H3,(H,20,23)(H,21,25). The number of H-pyrrole nitrogens is 1. The zero-order chi connectivity index (χ0) is 18.0. The molecular formula is C18H16FN3O2S. The fraction of sp³-hybridized carbons (Fsp3) is 0.167. The van der Waals surface area contributed by atoms with Crippen LogP contribution in [0.5, 0.6) is 0 Å². The lowest BCUT2D eigenvalue weighted by Gasteiger charge is -2.08. The van der Waals surface area contributed by atoms with Crippen LogP contribution >= 0.6 is 12.2 Å². The maximum Gasteiger partial charge on any atom is 0.262 e. The topological polar surface area (TPSA) is 66.9 Å². The van der Waals surface area contributed by atoms with E-state index in [1.807, 2.05) is 6.92 Å². The summed E-state index contributed by atoms with van der Waals surface area (Å²) < 4.78 is 14.9. The van der Waals surface area contributed by atoms with Gasteiger partial charge in [-0.25, -0.2) is 4.39 Å². The van der Waals surface area contributed by atoms with Gasteiger partial charge in [-0.3, -0.25) is 14.2 Å². The van der Waals surface area contributed by atoms with Gasteiger partial charge in [0.25, 0.3) is 11.5 Å². The second kappa shape index (κ2) is 6.98. The van der Waals surface area contributed by atoms with Crippen LogP contribution in [-0.4, -0.2) is 15.5 Å². The molecule has 1 amide bonds. The molecule has 3 rings (SSSR count). The van der Waals surface area contributed by atoms with Gasteiger partial charge in [0.05, 0.1) is 10.9 Å². The molecule has 2 N–H and O–H groups in total. The maximum atomic E-state index is 13.2. The van der Waals surface area contributed by atoms with Crippen LogP contribution in [0.2, 0.25) is 0 Å². The molecule has 0 atom stereocenters. The van der Waals surface area contributed by atoms with Gasteiger partial charge in [0.2, 0.25) is 0 Å². The summed E-state index contributed by atoms with van der Waals surface area (Å²) in [4.78, 5) is 27.6. The molecule has 1 aromatic heterocycles. The van der Waals surface area contributed by atoms with Crippen LogP contribution < -0.4 is 10.9 Å². The monoisotopic (exact) mass is 357 g/mol. The predicted octanol–water partition coefficient (Wildman–Crippen LogP) is 3.15. The van der Waals surface area contributed by atoms with Crippen LogP contribution in [0.25, 0.3) is 10.9 Å². The number of carbonyl (C=O) groups is 1. The highest BCUT2D eigenvalue weighted by molar-refractivity contribution is 7.71. The maximum absolute atomic E-state index is 13.2. The second-order valence-electron chi connectivity index (χ2n) is 5.55. The van der Waals surface area contributed by atoms with Gasteiger partial charge in [-0.15, -0.1) is 0 Å². The Labute approximate surface area is 148 Å². The Bertz CT molecular complexity index is 1070. The number of hydrogen-bond donors (Lipinski definition) is 2. The third-order valence-corrected chi connectivity index (χ3v) is 4.22. The SMILES string of the molecule is CCn1c(=S)[nH]c2cc(C(=O)NCc3cccc(F)c3)ccc2c1=O. The molecule has 0 unspecified atom stereocenters. The van der Waals surface area contributed by atoms with Crippen LogP contribution in [0.15, 0.2) is 47.3 Å². The Hall–Kier alpha value is -2.80. The summed E-state index contributed by atoms with van der Waals surface area (Å²) in [5, 5.41) is 3.20. The number of aromatic nitrogens is 2. The van der Waals surface area contributed by atoms with E-state index in [9.17, 15) is 14.0 Å². The van der Waals surface area contributed by atoms with Crippen LogP contribution in [-0.2, 0) is 13.1 Å². The Morgan fingerprint density at radius 2 is 2.08 bits per heavy atom. The van der Waals surface area contributed by atoms with Crippen molar-refractivity contribution in [3.8, 4) is 0 Å². The average molecular weight is 357 g/mol. The number of carbonyl (C=O) groups excluding carboxylic acids is 1. The van der Waals surface area contributed by atoms with Crippen LogP contribution in [0.4, 0.5) is 4.39 Å². The minimum Gasteiger partial charge on any atom is -0.348 e. The summed E-state index contributed by atoms with van der Waals surface area (Å²) in [6, 6.07) is 10.8. The number of fused-ring (bicyclic) bond motifs is 1. The molecule has 0 fully saturated rings. The molecule has 2 aromatic carbocycles. The van der Waals surface area contributed by atoms with Crippen molar-refractivity contribution in [2.75, 3.05) is 0 Å². The molecule has 0 spiro atoms. The molecule has 0 bridgehead atoms. The molecule has 0 saturated heterocycles. The van der Waals surface area contributed by atoms with Crippen LogP contribution in [0.3, 0.4) is 0 Å². The van der Waals surface area contributed by atoms with E-state index in [1.165, 1.54) is 16.7 Å². The number of benzene rings is 2. The first-order valence-corrected chi connectivity index (χ1v) is 8.20. The van der Waals surface area contributed by atoms with E-state index in [0.717, 1.165) is 0 Å². The third-order valence-electron chi connectivity index (χ3n) is 3.90. The molecule has 0 aliphatic rings. The molecule has 3 aromatic rings. The Morgan fingerprint density at radius 1 is 1.28 bits per heavy atom. The van der Waals surface area contributed by atoms with E-state index >= 15 is 0 Å². The van der Waals surface area contributed by atoms with Gasteiger partial charge in [-0.2, -0.15) is 0 Å². The molecule has 1 heterocycles. The number of aromatic amines is 1. The van der Waals surface area contributed by atoms with Gasteiger partial charge in [0, 0.05) is 18.7 Å². The van der Waals surface area contributed by atoms with Crippen molar-refractivity contribution in [2.24, 2.45) is 0 Å². The molecule has 0 radical (unpaired) electrons. The second-order valence-corrected chi connectivity index (χ2v) is 5.94. The molecule has 25 heavy (non-hydrogen) atoms. The fourth-order valence-corrected chi connectivity index (χ4v) is 2.94. The van der Waals surface area contributed by atoms with Crippen molar-refractivity contribution < 1.29 is 9.18 Å². The van der Waals surface area contributed by atoms with Crippen molar-refractivity contribution in [3.05, 3.63) is 74.5 Å². The third kappa shape index (κ3) is 3.51. The van der Waals surface area contributed by atoms with E-state index in [2.05, 4.69) is 10.3 Å². The molecule has 128 valence electrons. The van der Waals surface area contributed by atoms with E-state index < -0.39 is 0 Å². The summed E-state index contributed by atoms with van der Waals surface area (Å²) >= 11 is 5.17. The van der Waals surface area contributed by atoms with Crippen molar-refractivity contribution in [1.29, 1.82) is 0 Å². The number of halogens is 1. The van der Waals surface area contributed by atoms with E-state index in [4.69, 9.17) is 12.2 Å². The normalized spacial score (nSPS) is 10.8. The van der Waals surface area contributed by atoms with Crippen molar-refractivity contribution in [1.82, 2.24) is 14.9 Å². The largest absolute Gasteiger partial charge is 0.348 e. The lowest BCUT2D eigenvalue weighted by Crippen LogP contribution is -2.24. The van der Waals surface area contributed by atoms with Gasteiger partial charge in [-0.1, -0.05) is 12.1 Å². The summed E-state index contributed by atoms with van der Waals surface area (Å²) in [5.74, 6) is -0.664. The predicted molar refractivity (Wildman–Crippen MR) is 96.6 cm³/mol.